The van der Waals surface area contributed by atoms with Gasteiger partial charge in [0.1, 0.15) is 18.3 Å². The number of carboxylic acid groups (broad SMARTS) is 1. The van der Waals surface area contributed by atoms with Crippen molar-refractivity contribution in [2.75, 3.05) is 13.7 Å². The van der Waals surface area contributed by atoms with Gasteiger partial charge in [0.25, 0.3) is 0 Å². The van der Waals surface area contributed by atoms with Gasteiger partial charge in [0, 0.05) is 13.7 Å². The number of hydrogen-bond acceptors (Lipinski definition) is 6. The fraction of sp³-hybridized carbons (Fsp3) is 0.889. The molecule has 16 heavy (non-hydrogen) atoms. The smallest absolute Gasteiger partial charge is 0.335 e. The van der Waals surface area contributed by atoms with Crippen molar-refractivity contribution in [2.45, 2.75) is 37.6 Å². The topological polar surface area (TPSA) is 105 Å². The van der Waals surface area contributed by atoms with Crippen LogP contribution in [0.4, 0.5) is 0 Å². The first-order chi connectivity index (χ1) is 7.52. The number of carboxylic acids is 1. The number of aliphatic hydroxyl groups excluding tert-OH is 2. The van der Waals surface area contributed by atoms with Crippen molar-refractivity contribution in [2.24, 2.45) is 0 Å². The first kappa shape index (κ1) is 13.3. The average molecular weight is 236 g/mol. The lowest BCUT2D eigenvalue weighted by Gasteiger charge is -2.39. The minimum atomic E-state index is -1.36. The number of carbonyl (C=O) groups is 1. The molecule has 0 radical (unpaired) electrons. The highest BCUT2D eigenvalue weighted by molar-refractivity contribution is 5.73. The predicted molar refractivity (Wildman–Crippen MR) is 50.7 cm³/mol. The van der Waals surface area contributed by atoms with E-state index in [2.05, 4.69) is 0 Å². The number of aliphatic carboxylic acids is 1. The van der Waals surface area contributed by atoms with E-state index in [-0.39, 0.29) is 6.61 Å². The minimum Gasteiger partial charge on any atom is -0.479 e. The Labute approximate surface area is 92.5 Å². The van der Waals surface area contributed by atoms with E-state index in [1.807, 2.05) is 0 Å². The fourth-order valence-electron chi connectivity index (χ4n) is 1.61. The van der Waals surface area contributed by atoms with Crippen molar-refractivity contribution in [3.63, 3.8) is 0 Å². The van der Waals surface area contributed by atoms with E-state index in [1.54, 1.807) is 6.92 Å². The van der Waals surface area contributed by atoms with E-state index in [9.17, 15) is 15.0 Å². The molecule has 0 bridgehead atoms. The molecule has 94 valence electrons. The lowest BCUT2D eigenvalue weighted by Crippen LogP contribution is -2.61. The van der Waals surface area contributed by atoms with Gasteiger partial charge in [0.2, 0.25) is 0 Å². The summed E-state index contributed by atoms with van der Waals surface area (Å²) in [5.74, 6) is -1.27. The molecule has 1 heterocycles. The van der Waals surface area contributed by atoms with E-state index in [1.165, 1.54) is 7.11 Å². The van der Waals surface area contributed by atoms with E-state index in [4.69, 9.17) is 19.3 Å². The summed E-state index contributed by atoms with van der Waals surface area (Å²) in [6, 6.07) is 0. The van der Waals surface area contributed by atoms with Crippen LogP contribution < -0.4 is 0 Å². The van der Waals surface area contributed by atoms with Crippen LogP contribution in [0.25, 0.3) is 0 Å². The molecule has 5 atom stereocenters. The third-order valence-electron chi connectivity index (χ3n) is 2.38. The molecule has 0 amide bonds. The van der Waals surface area contributed by atoms with Gasteiger partial charge >= 0.3 is 5.97 Å². The van der Waals surface area contributed by atoms with Crippen LogP contribution in [0, 0.1) is 0 Å². The van der Waals surface area contributed by atoms with Crippen LogP contribution in [0.5, 0.6) is 0 Å². The predicted octanol–water partition coefficient (Wildman–Crippen LogP) is -1.43. The highest BCUT2D eigenvalue weighted by Crippen LogP contribution is 2.24. The highest BCUT2D eigenvalue weighted by atomic mass is 16.7. The second-order valence-corrected chi connectivity index (χ2v) is 3.40. The van der Waals surface area contributed by atoms with Crippen LogP contribution in [0.15, 0.2) is 0 Å². The van der Waals surface area contributed by atoms with Crippen molar-refractivity contribution in [1.29, 1.82) is 0 Å². The summed E-state index contributed by atoms with van der Waals surface area (Å²) in [6.07, 6.45) is -6.34. The van der Waals surface area contributed by atoms with Crippen molar-refractivity contribution in [3.05, 3.63) is 0 Å². The monoisotopic (exact) mass is 236 g/mol. The lowest BCUT2D eigenvalue weighted by atomic mass is 9.98. The first-order valence-corrected chi connectivity index (χ1v) is 4.91. The van der Waals surface area contributed by atoms with Crippen molar-refractivity contribution < 1.29 is 34.3 Å². The van der Waals surface area contributed by atoms with Gasteiger partial charge in [-0.3, -0.25) is 0 Å². The lowest BCUT2D eigenvalue weighted by molar-refractivity contribution is -0.293. The van der Waals surface area contributed by atoms with Crippen LogP contribution in [0.2, 0.25) is 0 Å². The summed E-state index contributed by atoms with van der Waals surface area (Å²) in [5.41, 5.74) is 0. The SMILES string of the molecule is CCO[C@H]1[C@H](O)[C@@H](O)[C@H](OC)O[C@@H]1C(=O)O. The summed E-state index contributed by atoms with van der Waals surface area (Å²) < 4.78 is 14.8. The Bertz CT molecular complexity index is 244. The third kappa shape index (κ3) is 2.50. The van der Waals surface area contributed by atoms with Gasteiger partial charge in [-0.05, 0) is 6.92 Å². The van der Waals surface area contributed by atoms with Gasteiger partial charge in [0.05, 0.1) is 0 Å². The second kappa shape index (κ2) is 5.55. The van der Waals surface area contributed by atoms with Crippen LogP contribution in [0.3, 0.4) is 0 Å². The molecule has 1 saturated heterocycles. The molecular formula is C9H16O7. The molecule has 1 fully saturated rings. The van der Waals surface area contributed by atoms with E-state index in [0.717, 1.165) is 0 Å². The van der Waals surface area contributed by atoms with Gasteiger partial charge in [-0.15, -0.1) is 0 Å². The van der Waals surface area contributed by atoms with Crippen LogP contribution >= 0.6 is 0 Å². The Balaban J connectivity index is 2.83. The summed E-state index contributed by atoms with van der Waals surface area (Å²) in [6.45, 7) is 1.86. The molecule has 0 aromatic carbocycles. The van der Waals surface area contributed by atoms with E-state index in [0.29, 0.717) is 0 Å². The Hall–Kier alpha value is -0.730. The zero-order valence-corrected chi connectivity index (χ0v) is 9.07. The number of aliphatic hydroxyl groups is 2. The molecule has 7 heteroatoms. The summed E-state index contributed by atoms with van der Waals surface area (Å²) in [7, 11) is 1.25. The molecule has 1 aliphatic heterocycles. The van der Waals surface area contributed by atoms with Crippen molar-refractivity contribution in [3.8, 4) is 0 Å². The summed E-state index contributed by atoms with van der Waals surface area (Å²) in [4.78, 5) is 10.9. The first-order valence-electron chi connectivity index (χ1n) is 4.91. The van der Waals surface area contributed by atoms with Crippen LogP contribution in [-0.4, -0.2) is 65.7 Å². The molecule has 7 nitrogen and oxygen atoms in total. The maximum atomic E-state index is 10.9. The Morgan fingerprint density at radius 3 is 2.44 bits per heavy atom. The molecule has 3 N–H and O–H groups in total. The molecule has 0 aliphatic carbocycles. The number of rotatable bonds is 4. The van der Waals surface area contributed by atoms with Gasteiger partial charge in [-0.1, -0.05) is 0 Å². The van der Waals surface area contributed by atoms with Crippen LogP contribution in [0.1, 0.15) is 6.92 Å². The third-order valence-corrected chi connectivity index (χ3v) is 2.38. The number of methoxy groups -OCH3 is 1. The fourth-order valence-corrected chi connectivity index (χ4v) is 1.61. The van der Waals surface area contributed by atoms with E-state index >= 15 is 0 Å². The Morgan fingerprint density at radius 1 is 1.38 bits per heavy atom. The largest absolute Gasteiger partial charge is 0.479 e. The summed E-state index contributed by atoms with van der Waals surface area (Å²) >= 11 is 0. The summed E-state index contributed by atoms with van der Waals surface area (Å²) in [5, 5.41) is 28.2. The molecule has 0 aromatic heterocycles. The normalized spacial score (nSPS) is 39.6. The Kier molecular flexibility index (Phi) is 4.63. The van der Waals surface area contributed by atoms with Gasteiger partial charge in [-0.2, -0.15) is 0 Å². The Morgan fingerprint density at radius 2 is 2.00 bits per heavy atom. The van der Waals surface area contributed by atoms with Crippen molar-refractivity contribution in [1.82, 2.24) is 0 Å². The molecule has 0 aromatic rings. The molecular weight excluding hydrogens is 220 g/mol. The zero-order valence-electron chi connectivity index (χ0n) is 9.07. The van der Waals surface area contributed by atoms with Crippen LogP contribution in [-0.2, 0) is 19.0 Å². The second-order valence-electron chi connectivity index (χ2n) is 3.40. The number of ether oxygens (including phenoxy) is 3. The quantitative estimate of drug-likeness (QED) is 0.549. The molecule has 0 saturated carbocycles. The van der Waals surface area contributed by atoms with Gasteiger partial charge in [0.15, 0.2) is 12.4 Å². The molecule has 1 rings (SSSR count). The number of hydrogen-bond donors (Lipinski definition) is 3. The molecule has 0 spiro atoms. The highest BCUT2D eigenvalue weighted by Gasteiger charge is 2.48. The van der Waals surface area contributed by atoms with Gasteiger partial charge in [-0.25, -0.2) is 4.79 Å². The van der Waals surface area contributed by atoms with E-state index < -0.39 is 36.7 Å². The van der Waals surface area contributed by atoms with Gasteiger partial charge < -0.3 is 29.5 Å². The molecule has 0 unspecified atom stereocenters. The maximum Gasteiger partial charge on any atom is 0.335 e. The average Bonchev–Trinajstić information content (AvgIpc) is 2.25. The standard InChI is InChI=1S/C9H16O7/c1-3-15-6-4(10)5(11)9(14-2)16-7(6)8(12)13/h4-7,9-11H,3H2,1-2H3,(H,12,13)/t4-,5-,6+,7+,9-/m1/s1. The minimum absolute atomic E-state index is 0.208. The molecule has 1 aliphatic rings. The maximum absolute atomic E-state index is 10.9. The zero-order chi connectivity index (χ0) is 12.3. The van der Waals surface area contributed by atoms with Crippen molar-refractivity contribution >= 4 is 5.97 Å².